The minimum atomic E-state index is -0.258. The van der Waals surface area contributed by atoms with Gasteiger partial charge in [0.25, 0.3) is 0 Å². The molecule has 4 nitrogen and oxygen atoms in total. The molecule has 0 aromatic heterocycles. The number of carbonyl (C=O) groups is 1. The van der Waals surface area contributed by atoms with Crippen molar-refractivity contribution >= 4 is 30.9 Å². The number of nitrogens with one attached hydrogen (secondary N) is 1. The molecule has 0 radical (unpaired) electrons. The molecule has 1 heterocycles. The van der Waals surface area contributed by atoms with Crippen molar-refractivity contribution < 1.29 is 9.53 Å². The van der Waals surface area contributed by atoms with Crippen LogP contribution in [-0.2, 0) is 4.74 Å². The minimum Gasteiger partial charge on any atom is -0.443 e. The quantitative estimate of drug-likeness (QED) is 0.695. The van der Waals surface area contributed by atoms with Crippen molar-refractivity contribution in [3.05, 3.63) is 0 Å². The van der Waals surface area contributed by atoms with Gasteiger partial charge in [-0.15, -0.1) is 24.8 Å². The van der Waals surface area contributed by atoms with Crippen molar-refractivity contribution in [1.29, 1.82) is 0 Å². The van der Waals surface area contributed by atoms with E-state index < -0.39 is 0 Å². The summed E-state index contributed by atoms with van der Waals surface area (Å²) in [6, 6.07) is 0. The van der Waals surface area contributed by atoms with Crippen molar-refractivity contribution in [3.8, 4) is 0 Å². The lowest BCUT2D eigenvalue weighted by atomic mass is 10.2. The zero-order valence-corrected chi connectivity index (χ0v) is 8.70. The number of hydrogen-bond acceptors (Lipinski definition) is 3. The Morgan fingerprint density at radius 1 is 1.42 bits per heavy atom. The number of nitrogens with zero attached hydrogens (tertiary/aromatic N) is 1. The van der Waals surface area contributed by atoms with E-state index in [-0.39, 0.29) is 37.0 Å². The Labute approximate surface area is 84.4 Å². The van der Waals surface area contributed by atoms with Crippen molar-refractivity contribution in [3.63, 3.8) is 0 Å². The minimum absolute atomic E-state index is 0. The van der Waals surface area contributed by atoms with E-state index in [0.717, 1.165) is 13.1 Å². The van der Waals surface area contributed by atoms with E-state index in [1.54, 1.807) is 14.1 Å². The molecule has 1 saturated heterocycles. The number of halogens is 2. The van der Waals surface area contributed by atoms with Gasteiger partial charge < -0.3 is 15.0 Å². The topological polar surface area (TPSA) is 41.6 Å². The molecular formula is C6H14Cl2N2O2. The van der Waals surface area contributed by atoms with Crippen LogP contribution in [0.3, 0.4) is 0 Å². The van der Waals surface area contributed by atoms with Crippen molar-refractivity contribution in [2.24, 2.45) is 0 Å². The second kappa shape index (κ2) is 6.34. The average molecular weight is 217 g/mol. The number of carbonyl (C=O) groups excluding carboxylic acids is 1. The van der Waals surface area contributed by atoms with Crippen LogP contribution >= 0.6 is 24.8 Å². The Hall–Kier alpha value is -0.190. The van der Waals surface area contributed by atoms with E-state index in [0.29, 0.717) is 0 Å². The fraction of sp³-hybridized carbons (Fsp3) is 0.833. The van der Waals surface area contributed by atoms with Gasteiger partial charge in [-0.05, 0) is 0 Å². The molecular weight excluding hydrogens is 203 g/mol. The highest BCUT2D eigenvalue weighted by atomic mass is 35.5. The lowest BCUT2D eigenvalue weighted by Crippen LogP contribution is -2.50. The molecule has 6 heteroatoms. The molecule has 0 aromatic rings. The van der Waals surface area contributed by atoms with Crippen LogP contribution in [0.4, 0.5) is 4.79 Å². The molecule has 1 rings (SSSR count). The highest BCUT2D eigenvalue weighted by Crippen LogP contribution is 1.99. The largest absolute Gasteiger partial charge is 0.443 e. The first-order chi connectivity index (χ1) is 4.70. The normalized spacial score (nSPS) is 14.8. The van der Waals surface area contributed by atoms with E-state index in [1.165, 1.54) is 4.90 Å². The molecule has 1 aliphatic rings. The molecule has 1 fully saturated rings. The van der Waals surface area contributed by atoms with Crippen LogP contribution in [0.1, 0.15) is 0 Å². The summed E-state index contributed by atoms with van der Waals surface area (Å²) in [6.45, 7) is 1.58. The second-order valence-electron chi connectivity index (χ2n) is 2.56. The van der Waals surface area contributed by atoms with E-state index >= 15 is 0 Å². The SMILES string of the molecule is CN(C)C(=O)OC1CNC1.Cl.Cl. The number of ether oxygens (including phenoxy) is 1. The molecule has 1 N–H and O–H groups in total. The Morgan fingerprint density at radius 3 is 2.17 bits per heavy atom. The molecule has 0 saturated carbocycles. The first-order valence-corrected chi connectivity index (χ1v) is 3.29. The van der Waals surface area contributed by atoms with Crippen LogP contribution in [0.15, 0.2) is 0 Å². The Morgan fingerprint density at radius 2 is 1.92 bits per heavy atom. The maximum Gasteiger partial charge on any atom is 0.409 e. The fourth-order valence-corrected chi connectivity index (χ4v) is 0.594. The summed E-state index contributed by atoms with van der Waals surface area (Å²) in [5, 5.41) is 3.01. The summed E-state index contributed by atoms with van der Waals surface area (Å²) in [5.41, 5.74) is 0. The zero-order valence-electron chi connectivity index (χ0n) is 7.07. The van der Waals surface area contributed by atoms with Crippen molar-refractivity contribution in [2.45, 2.75) is 6.10 Å². The highest BCUT2D eigenvalue weighted by Gasteiger charge is 2.21. The lowest BCUT2D eigenvalue weighted by molar-refractivity contribution is 0.0485. The maximum absolute atomic E-state index is 10.8. The van der Waals surface area contributed by atoms with Crippen LogP contribution in [0, 0.1) is 0 Å². The average Bonchev–Trinajstić information content (AvgIpc) is 1.77. The monoisotopic (exact) mass is 216 g/mol. The molecule has 0 bridgehead atoms. The first kappa shape index (κ1) is 14.3. The van der Waals surface area contributed by atoms with E-state index in [2.05, 4.69) is 5.32 Å². The summed E-state index contributed by atoms with van der Waals surface area (Å²) in [6.07, 6.45) is -0.165. The molecule has 0 aliphatic carbocycles. The van der Waals surface area contributed by atoms with E-state index in [9.17, 15) is 4.79 Å². The van der Waals surface area contributed by atoms with Crippen LogP contribution < -0.4 is 5.32 Å². The first-order valence-electron chi connectivity index (χ1n) is 3.29. The predicted molar refractivity (Wildman–Crippen MR) is 51.3 cm³/mol. The summed E-state index contributed by atoms with van der Waals surface area (Å²) >= 11 is 0. The van der Waals surface area contributed by atoms with Crippen LogP contribution in [0.25, 0.3) is 0 Å². The highest BCUT2D eigenvalue weighted by molar-refractivity contribution is 5.85. The van der Waals surface area contributed by atoms with E-state index in [4.69, 9.17) is 4.74 Å². The van der Waals surface area contributed by atoms with Crippen LogP contribution in [0.5, 0.6) is 0 Å². The third-order valence-electron chi connectivity index (χ3n) is 1.38. The van der Waals surface area contributed by atoms with E-state index in [1.807, 2.05) is 0 Å². The Bertz CT molecular complexity index is 140. The fourth-order valence-electron chi connectivity index (χ4n) is 0.594. The van der Waals surface area contributed by atoms with Crippen molar-refractivity contribution in [2.75, 3.05) is 27.2 Å². The molecule has 1 amide bonds. The van der Waals surface area contributed by atoms with Gasteiger partial charge in [0, 0.05) is 27.2 Å². The van der Waals surface area contributed by atoms with Gasteiger partial charge in [0.15, 0.2) is 0 Å². The van der Waals surface area contributed by atoms with Gasteiger partial charge in [-0.1, -0.05) is 0 Å². The second-order valence-corrected chi connectivity index (χ2v) is 2.56. The summed E-state index contributed by atoms with van der Waals surface area (Å²) in [4.78, 5) is 12.3. The van der Waals surface area contributed by atoms with Gasteiger partial charge in [-0.2, -0.15) is 0 Å². The zero-order chi connectivity index (χ0) is 7.56. The number of hydrogen-bond donors (Lipinski definition) is 1. The lowest BCUT2D eigenvalue weighted by Gasteiger charge is -2.27. The summed E-state index contributed by atoms with van der Waals surface area (Å²) in [7, 11) is 3.35. The molecule has 0 unspecified atom stereocenters. The van der Waals surface area contributed by atoms with Gasteiger partial charge in [-0.25, -0.2) is 4.79 Å². The van der Waals surface area contributed by atoms with Crippen LogP contribution in [-0.4, -0.2) is 44.3 Å². The Kier molecular flexibility index (Phi) is 7.58. The molecule has 12 heavy (non-hydrogen) atoms. The molecule has 1 aliphatic heterocycles. The van der Waals surface area contributed by atoms with Gasteiger partial charge in [0.2, 0.25) is 0 Å². The standard InChI is InChI=1S/C6H12N2O2.2ClH/c1-8(2)6(9)10-5-3-7-4-5;;/h5,7H,3-4H2,1-2H3;2*1H. The van der Waals surface area contributed by atoms with Crippen molar-refractivity contribution in [1.82, 2.24) is 10.2 Å². The Balaban J connectivity index is 0. The van der Waals surface area contributed by atoms with Gasteiger partial charge in [0.1, 0.15) is 6.10 Å². The maximum atomic E-state index is 10.8. The van der Waals surface area contributed by atoms with Crippen LogP contribution in [0.2, 0.25) is 0 Å². The smallest absolute Gasteiger partial charge is 0.409 e. The molecule has 0 spiro atoms. The predicted octanol–water partition coefficient (Wildman–Crippen LogP) is 0.500. The summed E-state index contributed by atoms with van der Waals surface area (Å²) < 4.78 is 4.97. The summed E-state index contributed by atoms with van der Waals surface area (Å²) in [5.74, 6) is 0. The third-order valence-corrected chi connectivity index (χ3v) is 1.38. The molecule has 0 atom stereocenters. The number of amides is 1. The number of rotatable bonds is 1. The molecule has 0 aromatic carbocycles. The molecule has 74 valence electrons. The van der Waals surface area contributed by atoms with Gasteiger partial charge in [-0.3, -0.25) is 0 Å². The third kappa shape index (κ3) is 3.99. The van der Waals surface area contributed by atoms with Gasteiger partial charge in [0.05, 0.1) is 0 Å². The van der Waals surface area contributed by atoms with Gasteiger partial charge >= 0.3 is 6.09 Å².